The van der Waals surface area contributed by atoms with E-state index in [-0.39, 0.29) is 0 Å². The standard InChI is InChI=1S/C12H17N5O/c1-4-13-12-15-10-9(7-14-17-10)11(16-12)18-6-5-8(2)3/h7H,2,4-6H2,1,3H3,(H2,13,14,15,16,17). The summed E-state index contributed by atoms with van der Waals surface area (Å²) in [6.45, 7) is 9.11. The zero-order valence-corrected chi connectivity index (χ0v) is 10.7. The van der Waals surface area contributed by atoms with Gasteiger partial charge < -0.3 is 10.1 Å². The summed E-state index contributed by atoms with van der Waals surface area (Å²) < 4.78 is 5.66. The van der Waals surface area contributed by atoms with Gasteiger partial charge in [-0.2, -0.15) is 15.1 Å². The maximum atomic E-state index is 5.66. The summed E-state index contributed by atoms with van der Waals surface area (Å²) in [5.41, 5.74) is 1.76. The minimum Gasteiger partial charge on any atom is -0.477 e. The van der Waals surface area contributed by atoms with Crippen molar-refractivity contribution < 1.29 is 4.74 Å². The van der Waals surface area contributed by atoms with Crippen LogP contribution >= 0.6 is 0 Å². The van der Waals surface area contributed by atoms with Crippen LogP contribution in [0.25, 0.3) is 11.0 Å². The fourth-order valence-corrected chi connectivity index (χ4v) is 1.48. The Kier molecular flexibility index (Phi) is 3.76. The van der Waals surface area contributed by atoms with Crippen LogP contribution in [0.2, 0.25) is 0 Å². The zero-order valence-electron chi connectivity index (χ0n) is 10.7. The summed E-state index contributed by atoms with van der Waals surface area (Å²) in [6.07, 6.45) is 2.47. The van der Waals surface area contributed by atoms with Gasteiger partial charge in [-0.3, -0.25) is 5.10 Å². The van der Waals surface area contributed by atoms with Gasteiger partial charge in [-0.25, -0.2) is 0 Å². The van der Waals surface area contributed by atoms with Crippen molar-refractivity contribution in [3.8, 4) is 5.88 Å². The summed E-state index contributed by atoms with van der Waals surface area (Å²) in [7, 11) is 0. The quantitative estimate of drug-likeness (QED) is 0.765. The van der Waals surface area contributed by atoms with Gasteiger partial charge in [0.05, 0.1) is 12.8 Å². The highest BCUT2D eigenvalue weighted by atomic mass is 16.5. The van der Waals surface area contributed by atoms with Crippen LogP contribution in [-0.2, 0) is 0 Å². The first-order chi connectivity index (χ1) is 8.70. The average Bonchev–Trinajstić information content (AvgIpc) is 2.77. The lowest BCUT2D eigenvalue weighted by Crippen LogP contribution is -2.05. The van der Waals surface area contributed by atoms with Crippen LogP contribution in [-0.4, -0.2) is 33.3 Å². The van der Waals surface area contributed by atoms with Gasteiger partial charge >= 0.3 is 0 Å². The number of anilines is 1. The normalized spacial score (nSPS) is 10.6. The Morgan fingerprint density at radius 1 is 1.50 bits per heavy atom. The summed E-state index contributed by atoms with van der Waals surface area (Å²) in [6, 6.07) is 0. The van der Waals surface area contributed by atoms with Gasteiger partial charge in [0.1, 0.15) is 5.39 Å². The summed E-state index contributed by atoms with van der Waals surface area (Å²) >= 11 is 0. The van der Waals surface area contributed by atoms with Crippen molar-refractivity contribution in [2.24, 2.45) is 0 Å². The third-order valence-electron chi connectivity index (χ3n) is 2.38. The molecule has 0 aliphatic carbocycles. The number of H-pyrrole nitrogens is 1. The molecule has 18 heavy (non-hydrogen) atoms. The van der Waals surface area contributed by atoms with Gasteiger partial charge in [-0.15, -0.1) is 6.58 Å². The zero-order chi connectivity index (χ0) is 13.0. The number of ether oxygens (including phenoxy) is 1. The molecule has 0 saturated heterocycles. The van der Waals surface area contributed by atoms with Crippen LogP contribution in [0.15, 0.2) is 18.3 Å². The van der Waals surface area contributed by atoms with Crippen molar-refractivity contribution in [1.29, 1.82) is 0 Å². The minimum atomic E-state index is 0.541. The highest BCUT2D eigenvalue weighted by Gasteiger charge is 2.10. The molecule has 0 atom stereocenters. The highest BCUT2D eigenvalue weighted by Crippen LogP contribution is 2.22. The lowest BCUT2D eigenvalue weighted by Gasteiger charge is -2.08. The molecule has 0 amide bonds. The van der Waals surface area contributed by atoms with Gasteiger partial charge in [0, 0.05) is 13.0 Å². The Morgan fingerprint density at radius 3 is 3.06 bits per heavy atom. The molecule has 0 radical (unpaired) electrons. The van der Waals surface area contributed by atoms with E-state index in [9.17, 15) is 0 Å². The molecular formula is C12H17N5O. The molecular weight excluding hydrogens is 230 g/mol. The molecule has 0 aliphatic heterocycles. The van der Waals surface area contributed by atoms with Crippen molar-refractivity contribution in [3.05, 3.63) is 18.3 Å². The largest absolute Gasteiger partial charge is 0.477 e. The van der Waals surface area contributed by atoms with Crippen LogP contribution in [0, 0.1) is 0 Å². The highest BCUT2D eigenvalue weighted by molar-refractivity contribution is 5.80. The second kappa shape index (κ2) is 5.48. The first-order valence-corrected chi connectivity index (χ1v) is 5.93. The number of hydrogen-bond acceptors (Lipinski definition) is 5. The second-order valence-electron chi connectivity index (χ2n) is 4.07. The SMILES string of the molecule is C=C(C)CCOc1nc(NCC)nc2[nH]ncc12. The maximum Gasteiger partial charge on any atom is 0.229 e. The molecule has 2 heterocycles. The van der Waals surface area contributed by atoms with Gasteiger partial charge in [-0.05, 0) is 13.8 Å². The molecule has 0 aliphatic rings. The van der Waals surface area contributed by atoms with Crippen LogP contribution in [0.5, 0.6) is 5.88 Å². The van der Waals surface area contributed by atoms with Crippen LogP contribution < -0.4 is 10.1 Å². The van der Waals surface area contributed by atoms with Gasteiger partial charge in [0.2, 0.25) is 11.8 Å². The fraction of sp³-hybridized carbons (Fsp3) is 0.417. The molecule has 2 rings (SSSR count). The third-order valence-corrected chi connectivity index (χ3v) is 2.38. The van der Waals surface area contributed by atoms with E-state index < -0.39 is 0 Å². The lowest BCUT2D eigenvalue weighted by atomic mass is 10.3. The molecule has 0 spiro atoms. The Bertz CT molecular complexity index is 548. The molecule has 6 heteroatoms. The van der Waals surface area contributed by atoms with Crippen molar-refractivity contribution in [1.82, 2.24) is 20.2 Å². The molecule has 0 saturated carbocycles. The van der Waals surface area contributed by atoms with E-state index in [4.69, 9.17) is 4.74 Å². The van der Waals surface area contributed by atoms with E-state index in [0.29, 0.717) is 24.1 Å². The lowest BCUT2D eigenvalue weighted by molar-refractivity contribution is 0.313. The molecule has 2 N–H and O–H groups in total. The fourth-order valence-electron chi connectivity index (χ4n) is 1.48. The first-order valence-electron chi connectivity index (χ1n) is 5.93. The van der Waals surface area contributed by atoms with Gasteiger partial charge in [0.25, 0.3) is 0 Å². The first kappa shape index (κ1) is 12.3. The average molecular weight is 247 g/mol. The number of nitrogens with zero attached hydrogens (tertiary/aromatic N) is 3. The molecule has 0 bridgehead atoms. The Morgan fingerprint density at radius 2 is 2.33 bits per heavy atom. The van der Waals surface area contributed by atoms with Crippen LogP contribution in [0.4, 0.5) is 5.95 Å². The smallest absolute Gasteiger partial charge is 0.229 e. The molecule has 0 aromatic carbocycles. The summed E-state index contributed by atoms with van der Waals surface area (Å²) in [5, 5.41) is 10.6. The predicted octanol–water partition coefficient (Wildman–Crippen LogP) is 2.13. The van der Waals surface area contributed by atoms with Crippen molar-refractivity contribution in [2.45, 2.75) is 20.3 Å². The van der Waals surface area contributed by atoms with E-state index in [1.807, 2.05) is 13.8 Å². The number of rotatable bonds is 6. The third kappa shape index (κ3) is 2.77. The number of hydrogen-bond donors (Lipinski definition) is 2. The van der Waals surface area contributed by atoms with E-state index in [0.717, 1.165) is 23.9 Å². The number of aromatic nitrogens is 4. The summed E-state index contributed by atoms with van der Waals surface area (Å²) in [4.78, 5) is 8.62. The molecule has 2 aromatic heterocycles. The topological polar surface area (TPSA) is 75.7 Å². The molecule has 6 nitrogen and oxygen atoms in total. The minimum absolute atomic E-state index is 0.541. The Labute approximate surface area is 105 Å². The molecule has 0 unspecified atom stereocenters. The van der Waals surface area contributed by atoms with Crippen LogP contribution in [0.3, 0.4) is 0 Å². The number of fused-ring (bicyclic) bond motifs is 1. The maximum absolute atomic E-state index is 5.66. The number of nitrogens with one attached hydrogen (secondary N) is 2. The Balaban J connectivity index is 2.22. The molecule has 2 aromatic rings. The number of aromatic amines is 1. The van der Waals surface area contributed by atoms with E-state index in [2.05, 4.69) is 32.1 Å². The summed E-state index contributed by atoms with van der Waals surface area (Å²) in [5.74, 6) is 1.09. The van der Waals surface area contributed by atoms with E-state index >= 15 is 0 Å². The molecule has 96 valence electrons. The second-order valence-corrected chi connectivity index (χ2v) is 4.07. The van der Waals surface area contributed by atoms with Gasteiger partial charge in [-0.1, -0.05) is 5.57 Å². The predicted molar refractivity (Wildman–Crippen MR) is 70.8 cm³/mol. The van der Waals surface area contributed by atoms with Crippen molar-refractivity contribution >= 4 is 17.0 Å². The van der Waals surface area contributed by atoms with Crippen molar-refractivity contribution in [3.63, 3.8) is 0 Å². The van der Waals surface area contributed by atoms with E-state index in [1.54, 1.807) is 6.20 Å². The van der Waals surface area contributed by atoms with Crippen molar-refractivity contribution in [2.75, 3.05) is 18.5 Å². The van der Waals surface area contributed by atoms with E-state index in [1.165, 1.54) is 0 Å². The monoisotopic (exact) mass is 247 g/mol. The Hall–Kier alpha value is -2.11. The van der Waals surface area contributed by atoms with Gasteiger partial charge in [0.15, 0.2) is 5.65 Å². The molecule has 0 fully saturated rings. The van der Waals surface area contributed by atoms with Crippen LogP contribution in [0.1, 0.15) is 20.3 Å².